The highest BCUT2D eigenvalue weighted by molar-refractivity contribution is 7.10. The number of amides is 2. The van der Waals surface area contributed by atoms with Gasteiger partial charge in [0.2, 0.25) is 0 Å². The molecular formula is C21H25N5O2S. The number of carbonyl (C=O) groups is 1. The van der Waals surface area contributed by atoms with Gasteiger partial charge in [0.05, 0.1) is 24.9 Å². The Morgan fingerprint density at radius 2 is 2.07 bits per heavy atom. The molecule has 0 aliphatic carbocycles. The summed E-state index contributed by atoms with van der Waals surface area (Å²) in [6, 6.07) is 14.1. The van der Waals surface area contributed by atoms with Gasteiger partial charge in [-0.15, -0.1) is 11.3 Å². The first-order valence-corrected chi connectivity index (χ1v) is 10.6. The fourth-order valence-electron chi connectivity index (χ4n) is 3.44. The molecule has 2 aromatic heterocycles. The van der Waals surface area contributed by atoms with Crippen LogP contribution in [0, 0.1) is 0 Å². The van der Waals surface area contributed by atoms with Gasteiger partial charge in [0.1, 0.15) is 0 Å². The predicted molar refractivity (Wildman–Crippen MR) is 113 cm³/mol. The molecule has 1 atom stereocenters. The Morgan fingerprint density at radius 1 is 1.17 bits per heavy atom. The molecule has 1 aromatic carbocycles. The standard InChI is InChI=1S/C21H25N5O2S/c27-21(22-15-17-4-1-5-18(14-17)26-8-3-7-24-26)23-16-19(20-6-2-13-29-20)25-9-11-28-12-10-25/h1-8,13-14,19H,9-12,15-16H2,(H2,22,23,27). The van der Waals surface area contributed by atoms with Crippen LogP contribution in [0.4, 0.5) is 4.79 Å². The molecule has 0 radical (unpaired) electrons. The van der Waals surface area contributed by atoms with Crippen LogP contribution in [0.25, 0.3) is 5.69 Å². The number of ether oxygens (including phenoxy) is 1. The molecule has 1 unspecified atom stereocenters. The second kappa shape index (κ2) is 9.69. The van der Waals surface area contributed by atoms with Crippen LogP contribution < -0.4 is 10.6 Å². The summed E-state index contributed by atoms with van der Waals surface area (Å²) in [5.74, 6) is 0. The summed E-state index contributed by atoms with van der Waals surface area (Å²) in [7, 11) is 0. The van der Waals surface area contributed by atoms with Crippen LogP contribution in [-0.4, -0.2) is 53.6 Å². The van der Waals surface area contributed by atoms with E-state index in [-0.39, 0.29) is 12.1 Å². The smallest absolute Gasteiger partial charge is 0.315 e. The van der Waals surface area contributed by atoms with Crippen LogP contribution in [0.1, 0.15) is 16.5 Å². The highest BCUT2D eigenvalue weighted by Gasteiger charge is 2.23. The van der Waals surface area contributed by atoms with E-state index in [2.05, 4.69) is 38.1 Å². The molecular weight excluding hydrogens is 386 g/mol. The lowest BCUT2D eigenvalue weighted by Gasteiger charge is -2.34. The number of aromatic nitrogens is 2. The van der Waals surface area contributed by atoms with Gasteiger partial charge in [-0.25, -0.2) is 9.48 Å². The third-order valence-corrected chi connectivity index (χ3v) is 5.92. The quantitative estimate of drug-likeness (QED) is 0.627. The molecule has 3 aromatic rings. The van der Waals surface area contributed by atoms with Gasteiger partial charge >= 0.3 is 6.03 Å². The highest BCUT2D eigenvalue weighted by atomic mass is 32.1. The van der Waals surface area contributed by atoms with Crippen LogP contribution in [0.3, 0.4) is 0 Å². The molecule has 2 amide bonds. The monoisotopic (exact) mass is 411 g/mol. The normalized spacial score (nSPS) is 15.7. The van der Waals surface area contributed by atoms with Crippen LogP contribution in [0.2, 0.25) is 0 Å². The lowest BCUT2D eigenvalue weighted by Crippen LogP contribution is -2.45. The number of hydrogen-bond donors (Lipinski definition) is 2. The minimum absolute atomic E-state index is 0.163. The first kappa shape index (κ1) is 19.6. The Balaban J connectivity index is 1.31. The van der Waals surface area contributed by atoms with Crippen LogP contribution in [0.15, 0.2) is 60.2 Å². The maximum absolute atomic E-state index is 12.4. The summed E-state index contributed by atoms with van der Waals surface area (Å²) in [5, 5.41) is 12.3. The Morgan fingerprint density at radius 3 is 2.83 bits per heavy atom. The van der Waals surface area contributed by atoms with E-state index < -0.39 is 0 Å². The van der Waals surface area contributed by atoms with E-state index in [9.17, 15) is 4.79 Å². The summed E-state index contributed by atoms with van der Waals surface area (Å²) in [5.41, 5.74) is 2.00. The van der Waals surface area contributed by atoms with Crippen LogP contribution in [-0.2, 0) is 11.3 Å². The first-order chi connectivity index (χ1) is 14.3. The van der Waals surface area contributed by atoms with E-state index in [4.69, 9.17) is 4.74 Å². The van der Waals surface area contributed by atoms with E-state index in [1.165, 1.54) is 4.88 Å². The van der Waals surface area contributed by atoms with Crippen LogP contribution in [0.5, 0.6) is 0 Å². The van der Waals surface area contributed by atoms with Crippen molar-refractivity contribution in [2.24, 2.45) is 0 Å². The van der Waals surface area contributed by atoms with Gasteiger partial charge in [-0.1, -0.05) is 18.2 Å². The van der Waals surface area contributed by atoms with Gasteiger partial charge in [0.25, 0.3) is 0 Å². The maximum atomic E-state index is 12.4. The van der Waals surface area contributed by atoms with Crippen LogP contribution >= 0.6 is 11.3 Å². The van der Waals surface area contributed by atoms with Crippen molar-refractivity contribution < 1.29 is 9.53 Å². The van der Waals surface area contributed by atoms with Crippen molar-refractivity contribution in [2.45, 2.75) is 12.6 Å². The lowest BCUT2D eigenvalue weighted by molar-refractivity contribution is 0.0174. The van der Waals surface area contributed by atoms with Crippen molar-refractivity contribution in [3.8, 4) is 5.69 Å². The lowest BCUT2D eigenvalue weighted by atomic mass is 10.2. The Kier molecular flexibility index (Phi) is 6.56. The molecule has 3 heterocycles. The molecule has 1 saturated heterocycles. The number of urea groups is 1. The molecule has 1 aliphatic heterocycles. The molecule has 0 saturated carbocycles. The van der Waals surface area contributed by atoms with E-state index in [0.29, 0.717) is 13.1 Å². The summed E-state index contributed by atoms with van der Waals surface area (Å²) in [6.45, 7) is 4.27. The number of carbonyl (C=O) groups excluding carboxylic acids is 1. The van der Waals surface area contributed by atoms with Gasteiger partial charge in [-0.05, 0) is 35.2 Å². The highest BCUT2D eigenvalue weighted by Crippen LogP contribution is 2.25. The zero-order chi connectivity index (χ0) is 19.9. The molecule has 1 aliphatic rings. The SMILES string of the molecule is O=C(NCc1cccc(-n2cccn2)c1)NCC(c1cccs1)N1CCOCC1. The summed E-state index contributed by atoms with van der Waals surface area (Å²) in [6.07, 6.45) is 3.65. The first-order valence-electron chi connectivity index (χ1n) is 9.75. The van der Waals surface area contributed by atoms with Gasteiger partial charge in [0.15, 0.2) is 0 Å². The molecule has 152 valence electrons. The average molecular weight is 412 g/mol. The summed E-state index contributed by atoms with van der Waals surface area (Å²) < 4.78 is 7.28. The average Bonchev–Trinajstić information content (AvgIpc) is 3.48. The fourth-order valence-corrected chi connectivity index (χ4v) is 4.31. The molecule has 4 rings (SSSR count). The van der Waals surface area contributed by atoms with E-state index in [1.54, 1.807) is 22.2 Å². The number of nitrogens with one attached hydrogen (secondary N) is 2. The zero-order valence-corrected chi connectivity index (χ0v) is 17.0. The van der Waals surface area contributed by atoms with Crippen molar-refractivity contribution in [1.29, 1.82) is 0 Å². The van der Waals surface area contributed by atoms with Gasteiger partial charge in [-0.3, -0.25) is 4.90 Å². The number of hydrogen-bond acceptors (Lipinski definition) is 5. The predicted octanol–water partition coefficient (Wildman–Crippen LogP) is 2.81. The number of thiophene rings is 1. The van der Waals surface area contributed by atoms with Gasteiger partial charge < -0.3 is 15.4 Å². The summed E-state index contributed by atoms with van der Waals surface area (Å²) in [4.78, 5) is 16.0. The number of nitrogens with zero attached hydrogens (tertiary/aromatic N) is 3. The minimum atomic E-state index is -0.163. The summed E-state index contributed by atoms with van der Waals surface area (Å²) >= 11 is 1.72. The van der Waals surface area contributed by atoms with E-state index >= 15 is 0 Å². The van der Waals surface area contributed by atoms with Crippen molar-refractivity contribution in [3.05, 3.63) is 70.7 Å². The Bertz CT molecular complexity index is 892. The molecule has 8 heteroatoms. The topological polar surface area (TPSA) is 71.4 Å². The molecule has 1 fully saturated rings. The Hall–Kier alpha value is -2.68. The largest absolute Gasteiger partial charge is 0.379 e. The van der Waals surface area contributed by atoms with Crippen molar-refractivity contribution >= 4 is 17.4 Å². The molecule has 7 nitrogen and oxygen atoms in total. The molecule has 2 N–H and O–H groups in total. The molecule has 0 bridgehead atoms. The molecule has 29 heavy (non-hydrogen) atoms. The van der Waals surface area contributed by atoms with Crippen molar-refractivity contribution in [3.63, 3.8) is 0 Å². The second-order valence-corrected chi connectivity index (χ2v) is 7.84. The Labute approximate surface area is 174 Å². The second-order valence-electron chi connectivity index (χ2n) is 6.86. The third kappa shape index (κ3) is 5.23. The van der Waals surface area contributed by atoms with Crippen molar-refractivity contribution in [2.75, 3.05) is 32.8 Å². The third-order valence-electron chi connectivity index (χ3n) is 4.95. The van der Waals surface area contributed by atoms with Gasteiger partial charge in [0, 0.05) is 43.4 Å². The number of morpholine rings is 1. The molecule has 0 spiro atoms. The fraction of sp³-hybridized carbons (Fsp3) is 0.333. The van der Waals surface area contributed by atoms with Gasteiger partial charge in [-0.2, -0.15) is 5.10 Å². The van der Waals surface area contributed by atoms with E-state index in [1.807, 2.05) is 36.5 Å². The number of benzene rings is 1. The van der Waals surface area contributed by atoms with E-state index in [0.717, 1.165) is 37.6 Å². The maximum Gasteiger partial charge on any atom is 0.315 e. The zero-order valence-electron chi connectivity index (χ0n) is 16.2. The minimum Gasteiger partial charge on any atom is -0.379 e. The number of rotatable bonds is 7. The van der Waals surface area contributed by atoms with Crippen molar-refractivity contribution in [1.82, 2.24) is 25.3 Å².